The van der Waals surface area contributed by atoms with Gasteiger partial charge in [-0.15, -0.1) is 6.58 Å². The number of esters is 1. The first kappa shape index (κ1) is 21.4. The lowest BCUT2D eigenvalue weighted by molar-refractivity contribution is 0.0593. The topological polar surface area (TPSA) is 79.5 Å². The molecule has 1 heterocycles. The van der Waals surface area contributed by atoms with E-state index >= 15 is 0 Å². The Balaban J connectivity index is 2.39. The maximum Gasteiger partial charge on any atom is 0.354 e. The van der Waals surface area contributed by atoms with Gasteiger partial charge in [-0.1, -0.05) is 17.7 Å². The molecule has 1 aromatic heterocycles. The van der Waals surface area contributed by atoms with E-state index < -0.39 is 12.0 Å². The molecule has 0 spiro atoms. The van der Waals surface area contributed by atoms with Crippen LogP contribution in [0.3, 0.4) is 0 Å². The van der Waals surface area contributed by atoms with E-state index in [1.807, 2.05) is 0 Å². The number of rotatable bonds is 7. The molecule has 0 saturated heterocycles. The molecule has 0 aliphatic carbocycles. The van der Waals surface area contributed by atoms with Crippen LogP contribution < -0.4 is 0 Å². The van der Waals surface area contributed by atoms with Gasteiger partial charge in [-0.25, -0.2) is 4.79 Å². The molecule has 1 atom stereocenters. The number of methoxy groups -OCH3 is 1. The van der Waals surface area contributed by atoms with Gasteiger partial charge in [0.1, 0.15) is 5.69 Å². The van der Waals surface area contributed by atoms with Gasteiger partial charge in [0.15, 0.2) is 5.78 Å². The number of benzene rings is 1. The van der Waals surface area contributed by atoms with E-state index in [0.717, 1.165) is 0 Å². The minimum absolute atomic E-state index is 0.195. The Morgan fingerprint density at radius 3 is 2.39 bits per heavy atom. The van der Waals surface area contributed by atoms with E-state index in [4.69, 9.17) is 16.3 Å². The van der Waals surface area contributed by atoms with Crippen LogP contribution in [0.4, 0.5) is 0 Å². The Kier molecular flexibility index (Phi) is 6.80. The predicted octanol–water partition coefficient (Wildman–Crippen LogP) is 3.97. The number of aryl methyl sites for hydroxylation is 1. The molecule has 1 aromatic carbocycles. The van der Waals surface area contributed by atoms with E-state index in [1.54, 1.807) is 51.1 Å². The number of hydrogen-bond donors (Lipinski definition) is 1. The zero-order valence-corrected chi connectivity index (χ0v) is 17.1. The number of aromatic amines is 1. The van der Waals surface area contributed by atoms with Crippen LogP contribution in [0.25, 0.3) is 0 Å². The zero-order chi connectivity index (χ0) is 21.0. The molecule has 1 N–H and O–H groups in total. The highest BCUT2D eigenvalue weighted by atomic mass is 35.5. The number of aromatic nitrogens is 1. The van der Waals surface area contributed by atoms with Crippen molar-refractivity contribution in [3.05, 3.63) is 70.0 Å². The van der Waals surface area contributed by atoms with Gasteiger partial charge in [-0.2, -0.15) is 0 Å². The monoisotopic (exact) mass is 402 g/mol. The minimum Gasteiger partial charge on any atom is -0.464 e. The Labute approximate surface area is 169 Å². The highest BCUT2D eigenvalue weighted by molar-refractivity contribution is 6.30. The molecule has 0 unspecified atom stereocenters. The van der Waals surface area contributed by atoms with Crippen molar-refractivity contribution < 1.29 is 19.1 Å². The van der Waals surface area contributed by atoms with Crippen molar-refractivity contribution in [2.24, 2.45) is 0 Å². The summed E-state index contributed by atoms with van der Waals surface area (Å²) in [5.41, 5.74) is 2.08. The SMILES string of the molecule is C=CCN(C(=O)c1ccc(Cl)cc1)[C@H](C)C(=O)c1c(C)[nH]c(C(=O)OC)c1C. The fourth-order valence-corrected chi connectivity index (χ4v) is 3.22. The number of ether oxygens (including phenoxy) is 1. The summed E-state index contributed by atoms with van der Waals surface area (Å²) in [5.74, 6) is -1.13. The van der Waals surface area contributed by atoms with Crippen LogP contribution >= 0.6 is 11.6 Å². The second-order valence-corrected chi connectivity index (χ2v) is 6.85. The van der Waals surface area contributed by atoms with Gasteiger partial charge >= 0.3 is 5.97 Å². The van der Waals surface area contributed by atoms with E-state index in [1.165, 1.54) is 12.0 Å². The molecule has 0 fully saturated rings. The van der Waals surface area contributed by atoms with Gasteiger partial charge in [0.05, 0.1) is 13.2 Å². The van der Waals surface area contributed by atoms with E-state index in [2.05, 4.69) is 11.6 Å². The van der Waals surface area contributed by atoms with Gasteiger partial charge in [-0.3, -0.25) is 9.59 Å². The Bertz CT molecular complexity index is 915. The van der Waals surface area contributed by atoms with Crippen LogP contribution in [0.2, 0.25) is 5.02 Å². The maximum absolute atomic E-state index is 13.2. The molecule has 7 heteroatoms. The lowest BCUT2D eigenvalue weighted by atomic mass is 9.99. The molecule has 28 heavy (non-hydrogen) atoms. The van der Waals surface area contributed by atoms with Crippen molar-refractivity contribution in [3.63, 3.8) is 0 Å². The summed E-state index contributed by atoms with van der Waals surface area (Å²) in [6.45, 7) is 8.92. The highest BCUT2D eigenvalue weighted by Crippen LogP contribution is 2.23. The third-order valence-electron chi connectivity index (χ3n) is 4.60. The highest BCUT2D eigenvalue weighted by Gasteiger charge is 2.31. The summed E-state index contributed by atoms with van der Waals surface area (Å²) in [5, 5.41) is 0.518. The van der Waals surface area contributed by atoms with Crippen LogP contribution in [0.1, 0.15) is 49.4 Å². The molecule has 2 rings (SSSR count). The number of Topliss-reactive ketones (excluding diaryl/α,β-unsaturated/α-hetero) is 1. The van der Waals surface area contributed by atoms with Crippen molar-refractivity contribution in [3.8, 4) is 0 Å². The summed E-state index contributed by atoms with van der Waals surface area (Å²) < 4.78 is 4.75. The Morgan fingerprint density at radius 2 is 1.86 bits per heavy atom. The number of ketones is 1. The number of halogens is 1. The predicted molar refractivity (Wildman–Crippen MR) is 108 cm³/mol. The number of carbonyl (C=O) groups excluding carboxylic acids is 3. The summed E-state index contributed by atoms with van der Waals surface area (Å²) in [6, 6.07) is 5.70. The second kappa shape index (κ2) is 8.89. The average Bonchev–Trinajstić information content (AvgIpc) is 2.98. The first-order valence-corrected chi connectivity index (χ1v) is 9.09. The van der Waals surface area contributed by atoms with E-state index in [-0.39, 0.29) is 23.9 Å². The van der Waals surface area contributed by atoms with Crippen LogP contribution in [0, 0.1) is 13.8 Å². The number of amides is 1. The van der Waals surface area contributed by atoms with Crippen molar-refractivity contribution in [1.82, 2.24) is 9.88 Å². The number of nitrogens with zero attached hydrogens (tertiary/aromatic N) is 1. The van der Waals surface area contributed by atoms with Crippen LogP contribution in [-0.2, 0) is 4.74 Å². The lowest BCUT2D eigenvalue weighted by Gasteiger charge is -2.27. The normalized spacial score (nSPS) is 11.6. The minimum atomic E-state index is -0.764. The van der Waals surface area contributed by atoms with Gasteiger partial charge in [0, 0.05) is 28.4 Å². The number of hydrogen-bond acceptors (Lipinski definition) is 4. The quantitative estimate of drug-likeness (QED) is 0.431. The van der Waals surface area contributed by atoms with Crippen LogP contribution in [0.15, 0.2) is 36.9 Å². The summed E-state index contributed by atoms with van der Waals surface area (Å²) in [6.07, 6.45) is 1.56. The molecule has 148 valence electrons. The second-order valence-electron chi connectivity index (χ2n) is 6.41. The summed E-state index contributed by atoms with van der Waals surface area (Å²) in [4.78, 5) is 42.4. The van der Waals surface area contributed by atoms with Gasteiger partial charge in [0.25, 0.3) is 5.91 Å². The molecular weight excluding hydrogens is 380 g/mol. The number of nitrogens with one attached hydrogen (secondary N) is 1. The number of carbonyl (C=O) groups is 3. The molecule has 0 aliphatic heterocycles. The van der Waals surface area contributed by atoms with Crippen molar-refractivity contribution in [1.29, 1.82) is 0 Å². The van der Waals surface area contributed by atoms with Gasteiger partial charge in [0.2, 0.25) is 0 Å². The molecule has 2 aromatic rings. The van der Waals surface area contributed by atoms with E-state index in [9.17, 15) is 14.4 Å². The average molecular weight is 403 g/mol. The molecule has 0 saturated carbocycles. The lowest BCUT2D eigenvalue weighted by Crippen LogP contribution is -2.43. The van der Waals surface area contributed by atoms with Crippen LogP contribution in [0.5, 0.6) is 0 Å². The standard InChI is InChI=1S/C21H23ClN2O4/c1-6-11-24(20(26)15-7-9-16(22)10-8-15)14(4)19(25)17-12(2)18(21(27)28-5)23-13(17)3/h6-10,14,23H,1,11H2,2-5H3/t14-/m1/s1. The fourth-order valence-electron chi connectivity index (χ4n) is 3.09. The maximum atomic E-state index is 13.2. The van der Waals surface area contributed by atoms with Crippen molar-refractivity contribution in [2.75, 3.05) is 13.7 Å². The fraction of sp³-hybridized carbons (Fsp3) is 0.286. The Morgan fingerprint density at radius 1 is 1.25 bits per heavy atom. The van der Waals surface area contributed by atoms with Gasteiger partial charge in [-0.05, 0) is 50.6 Å². The molecule has 6 nitrogen and oxygen atoms in total. The zero-order valence-electron chi connectivity index (χ0n) is 16.3. The van der Waals surface area contributed by atoms with Crippen molar-refractivity contribution in [2.45, 2.75) is 26.8 Å². The summed E-state index contributed by atoms with van der Waals surface area (Å²) >= 11 is 5.89. The molecule has 1 amide bonds. The third-order valence-corrected chi connectivity index (χ3v) is 4.85. The Hall–Kier alpha value is -2.86. The first-order valence-electron chi connectivity index (χ1n) is 8.72. The number of H-pyrrole nitrogens is 1. The smallest absolute Gasteiger partial charge is 0.354 e. The third kappa shape index (κ3) is 4.17. The van der Waals surface area contributed by atoms with Gasteiger partial charge < -0.3 is 14.6 Å². The molecular formula is C21H23ClN2O4. The molecule has 0 radical (unpaired) electrons. The first-order chi connectivity index (χ1) is 13.2. The molecule has 0 aliphatic rings. The largest absolute Gasteiger partial charge is 0.464 e. The van der Waals surface area contributed by atoms with Crippen LogP contribution in [-0.4, -0.2) is 47.2 Å². The van der Waals surface area contributed by atoms with E-state index in [0.29, 0.717) is 27.4 Å². The molecule has 0 bridgehead atoms. The summed E-state index contributed by atoms with van der Waals surface area (Å²) in [7, 11) is 1.28. The van der Waals surface area contributed by atoms with Crippen molar-refractivity contribution >= 4 is 29.3 Å².